The number of hydrogen-bond donors (Lipinski definition) is 1. The van der Waals surface area contributed by atoms with Gasteiger partial charge in [0.15, 0.2) is 12.7 Å². The summed E-state index contributed by atoms with van der Waals surface area (Å²) in [5.41, 5.74) is 1.33. The lowest BCUT2D eigenvalue weighted by atomic mass is 10.1. The minimum Gasteiger partial charge on any atom is -0.482 e. The average Bonchev–Trinajstić information content (AvgIpc) is 2.57. The van der Waals surface area contributed by atoms with Crippen LogP contribution in [0.5, 0.6) is 5.75 Å². The Bertz CT molecular complexity index is 803. The van der Waals surface area contributed by atoms with Gasteiger partial charge in [0.05, 0.1) is 0 Å². The van der Waals surface area contributed by atoms with Crippen molar-refractivity contribution in [1.29, 1.82) is 0 Å². The van der Waals surface area contributed by atoms with Crippen molar-refractivity contribution in [2.75, 3.05) is 11.9 Å². The molecule has 0 spiro atoms. The highest BCUT2D eigenvalue weighted by atomic mass is 19.1. The second kappa shape index (κ2) is 8.42. The maximum absolute atomic E-state index is 13.5. The van der Waals surface area contributed by atoms with Crippen LogP contribution < -0.4 is 10.1 Å². The Kier molecular flexibility index (Phi) is 6.27. The first kappa shape index (κ1) is 19.4. The molecule has 138 valence electrons. The summed E-state index contributed by atoms with van der Waals surface area (Å²) >= 11 is 0. The molecule has 2 rings (SSSR count). The lowest BCUT2D eigenvalue weighted by Gasteiger charge is -2.15. The first-order valence-electron chi connectivity index (χ1n) is 7.92. The molecule has 0 aliphatic carbocycles. The SMILES string of the molecule is Cc1ccc(OCC(=O)O[C@H](C)C(=O)Nc2c(F)cccc2F)c(C)c1. The van der Waals surface area contributed by atoms with Crippen LogP contribution in [-0.4, -0.2) is 24.6 Å². The minimum atomic E-state index is -1.25. The van der Waals surface area contributed by atoms with Crippen molar-refractivity contribution in [3.8, 4) is 5.75 Å². The summed E-state index contributed by atoms with van der Waals surface area (Å²) in [5, 5.41) is 2.07. The third-order valence-corrected chi connectivity index (χ3v) is 3.56. The van der Waals surface area contributed by atoms with Gasteiger partial charge in [-0.25, -0.2) is 13.6 Å². The van der Waals surface area contributed by atoms with Crippen LogP contribution in [0.1, 0.15) is 18.1 Å². The molecule has 2 aromatic rings. The molecule has 5 nitrogen and oxygen atoms in total. The molecule has 0 aliphatic heterocycles. The standard InChI is InChI=1S/C19H19F2NO4/c1-11-7-8-16(12(2)9-11)25-10-17(23)26-13(3)19(24)22-18-14(20)5-4-6-15(18)21/h4-9,13H,10H2,1-3H3,(H,22,24)/t13-/m1/s1. The molecule has 0 radical (unpaired) electrons. The summed E-state index contributed by atoms with van der Waals surface area (Å²) in [7, 11) is 0. The highest BCUT2D eigenvalue weighted by molar-refractivity contribution is 5.95. The van der Waals surface area contributed by atoms with Gasteiger partial charge in [-0.1, -0.05) is 23.8 Å². The van der Waals surface area contributed by atoms with Crippen molar-refractivity contribution >= 4 is 17.6 Å². The molecular formula is C19H19F2NO4. The fraction of sp³-hybridized carbons (Fsp3) is 0.263. The monoisotopic (exact) mass is 363 g/mol. The molecule has 26 heavy (non-hydrogen) atoms. The van der Waals surface area contributed by atoms with Crippen LogP contribution in [0.4, 0.5) is 14.5 Å². The average molecular weight is 363 g/mol. The number of nitrogens with one attached hydrogen (secondary N) is 1. The van der Waals surface area contributed by atoms with Crippen LogP contribution in [0.25, 0.3) is 0 Å². The van der Waals surface area contributed by atoms with Gasteiger partial charge < -0.3 is 14.8 Å². The van der Waals surface area contributed by atoms with Crippen molar-refractivity contribution in [2.24, 2.45) is 0 Å². The van der Waals surface area contributed by atoms with Crippen LogP contribution in [0.2, 0.25) is 0 Å². The minimum absolute atomic E-state index is 0.393. The van der Waals surface area contributed by atoms with Crippen LogP contribution in [-0.2, 0) is 14.3 Å². The van der Waals surface area contributed by atoms with E-state index < -0.39 is 41.9 Å². The van der Waals surface area contributed by atoms with Gasteiger partial charge >= 0.3 is 5.97 Å². The maximum atomic E-state index is 13.5. The fourth-order valence-corrected chi connectivity index (χ4v) is 2.22. The van der Waals surface area contributed by atoms with E-state index in [0.29, 0.717) is 5.75 Å². The zero-order valence-electron chi connectivity index (χ0n) is 14.6. The number of anilines is 1. The molecule has 1 N–H and O–H groups in total. The third kappa shape index (κ3) is 5.02. The fourth-order valence-electron chi connectivity index (χ4n) is 2.22. The number of ether oxygens (including phenoxy) is 2. The lowest BCUT2D eigenvalue weighted by Crippen LogP contribution is -2.32. The molecule has 0 aliphatic rings. The van der Waals surface area contributed by atoms with E-state index in [1.807, 2.05) is 26.0 Å². The number of amides is 1. The molecule has 0 unspecified atom stereocenters. The van der Waals surface area contributed by atoms with Gasteiger partial charge in [-0.15, -0.1) is 0 Å². The van der Waals surface area contributed by atoms with E-state index in [2.05, 4.69) is 5.32 Å². The van der Waals surface area contributed by atoms with Gasteiger partial charge in [-0.3, -0.25) is 4.79 Å². The Morgan fingerprint density at radius 2 is 1.77 bits per heavy atom. The molecule has 0 saturated carbocycles. The number of rotatable bonds is 6. The summed E-state index contributed by atoms with van der Waals surface area (Å²) in [6.07, 6.45) is -1.25. The van der Waals surface area contributed by atoms with E-state index >= 15 is 0 Å². The molecule has 0 fully saturated rings. The van der Waals surface area contributed by atoms with E-state index in [9.17, 15) is 18.4 Å². The number of esters is 1. The van der Waals surface area contributed by atoms with Crippen molar-refractivity contribution in [1.82, 2.24) is 0 Å². The topological polar surface area (TPSA) is 64.6 Å². The third-order valence-electron chi connectivity index (χ3n) is 3.56. The van der Waals surface area contributed by atoms with E-state index in [-0.39, 0.29) is 0 Å². The van der Waals surface area contributed by atoms with E-state index in [1.165, 1.54) is 13.0 Å². The number of aryl methyl sites for hydroxylation is 2. The smallest absolute Gasteiger partial charge is 0.344 e. The Morgan fingerprint density at radius 1 is 1.12 bits per heavy atom. The number of halogens is 2. The first-order valence-corrected chi connectivity index (χ1v) is 7.92. The summed E-state index contributed by atoms with van der Waals surface area (Å²) in [6, 6.07) is 8.66. The molecule has 0 saturated heterocycles. The second-order valence-electron chi connectivity index (χ2n) is 5.78. The van der Waals surface area contributed by atoms with E-state index in [4.69, 9.17) is 9.47 Å². The molecule has 2 aromatic carbocycles. The summed E-state index contributed by atoms with van der Waals surface area (Å²) < 4.78 is 37.4. The van der Waals surface area contributed by atoms with Crippen molar-refractivity contribution in [3.63, 3.8) is 0 Å². The highest BCUT2D eigenvalue weighted by Crippen LogP contribution is 2.19. The van der Waals surface area contributed by atoms with Crippen molar-refractivity contribution < 1.29 is 27.8 Å². The van der Waals surface area contributed by atoms with Gasteiger partial charge in [0.1, 0.15) is 23.1 Å². The van der Waals surface area contributed by atoms with Crippen LogP contribution in [0.3, 0.4) is 0 Å². The Morgan fingerprint density at radius 3 is 2.38 bits per heavy atom. The number of carbonyl (C=O) groups excluding carboxylic acids is 2. The van der Waals surface area contributed by atoms with Crippen molar-refractivity contribution in [3.05, 3.63) is 59.2 Å². The summed E-state index contributed by atoms with van der Waals surface area (Å²) in [6.45, 7) is 4.68. The summed E-state index contributed by atoms with van der Waals surface area (Å²) in [5.74, 6) is -2.95. The first-order chi connectivity index (χ1) is 12.3. The molecule has 1 amide bonds. The normalized spacial score (nSPS) is 11.6. The Hall–Kier alpha value is -2.96. The highest BCUT2D eigenvalue weighted by Gasteiger charge is 2.21. The van der Waals surface area contributed by atoms with Crippen LogP contribution >= 0.6 is 0 Å². The molecule has 0 heterocycles. The van der Waals surface area contributed by atoms with Gasteiger partial charge in [0.2, 0.25) is 0 Å². The molecular weight excluding hydrogens is 344 g/mol. The van der Waals surface area contributed by atoms with Crippen LogP contribution in [0, 0.1) is 25.5 Å². The Labute approximate surface area is 149 Å². The molecule has 0 bridgehead atoms. The number of carbonyl (C=O) groups is 2. The second-order valence-corrected chi connectivity index (χ2v) is 5.78. The van der Waals surface area contributed by atoms with Gasteiger partial charge in [0, 0.05) is 0 Å². The Balaban J connectivity index is 1.89. The predicted molar refractivity (Wildman–Crippen MR) is 92.0 cm³/mol. The van der Waals surface area contributed by atoms with Gasteiger partial charge in [-0.05, 0) is 44.5 Å². The molecule has 7 heteroatoms. The quantitative estimate of drug-likeness (QED) is 0.798. The summed E-state index contributed by atoms with van der Waals surface area (Å²) in [4.78, 5) is 23.8. The predicted octanol–water partition coefficient (Wildman–Crippen LogP) is 3.53. The number of para-hydroxylation sites is 1. The van der Waals surface area contributed by atoms with Crippen LogP contribution in [0.15, 0.2) is 36.4 Å². The number of benzene rings is 2. The lowest BCUT2D eigenvalue weighted by molar-refractivity contribution is -0.155. The van der Waals surface area contributed by atoms with E-state index in [1.54, 1.807) is 6.07 Å². The maximum Gasteiger partial charge on any atom is 0.344 e. The number of hydrogen-bond acceptors (Lipinski definition) is 4. The zero-order valence-corrected chi connectivity index (χ0v) is 14.6. The molecule has 0 aromatic heterocycles. The van der Waals surface area contributed by atoms with Crippen molar-refractivity contribution in [2.45, 2.75) is 26.9 Å². The largest absolute Gasteiger partial charge is 0.482 e. The van der Waals surface area contributed by atoms with Gasteiger partial charge in [0.25, 0.3) is 5.91 Å². The molecule has 1 atom stereocenters. The van der Waals surface area contributed by atoms with Gasteiger partial charge in [-0.2, -0.15) is 0 Å². The van der Waals surface area contributed by atoms with E-state index in [0.717, 1.165) is 23.3 Å². The zero-order chi connectivity index (χ0) is 19.3.